The molecule has 1 N–H and O–H groups in total. The summed E-state index contributed by atoms with van der Waals surface area (Å²) >= 11 is 1.24. The van der Waals surface area contributed by atoms with Crippen LogP contribution in [0.2, 0.25) is 0 Å². The number of esters is 2. The van der Waals surface area contributed by atoms with Crippen molar-refractivity contribution in [2.75, 3.05) is 18.5 Å². The molecule has 2 aromatic carbocycles. The molecule has 3 aromatic rings. The zero-order valence-electron chi connectivity index (χ0n) is 22.3. The van der Waals surface area contributed by atoms with Crippen LogP contribution in [0.15, 0.2) is 70.2 Å². The number of aromatic nitrogens is 1. The van der Waals surface area contributed by atoms with E-state index < -0.39 is 35.5 Å². The number of benzene rings is 2. The molecular weight excluding hydrogens is 543 g/mol. The van der Waals surface area contributed by atoms with Crippen LogP contribution in [0.25, 0.3) is 11.3 Å². The zero-order valence-corrected chi connectivity index (χ0v) is 23.2. The smallest absolute Gasteiger partial charge is 0.416 e. The summed E-state index contributed by atoms with van der Waals surface area (Å²) in [4.78, 5) is 35.0. The Balaban J connectivity index is 1.67. The predicted molar refractivity (Wildman–Crippen MR) is 148 cm³/mol. The number of hydrogen-bond acceptors (Lipinski definition) is 8. The Bertz CT molecular complexity index is 1480. The fourth-order valence-electron chi connectivity index (χ4n) is 4.66. The van der Waals surface area contributed by atoms with E-state index in [4.69, 9.17) is 9.47 Å². The van der Waals surface area contributed by atoms with Crippen LogP contribution in [-0.4, -0.2) is 35.8 Å². The maximum atomic E-state index is 13.2. The van der Waals surface area contributed by atoms with Gasteiger partial charge in [-0.15, -0.1) is 11.3 Å². The van der Waals surface area contributed by atoms with Crippen LogP contribution in [0.1, 0.15) is 44.7 Å². The summed E-state index contributed by atoms with van der Waals surface area (Å²) in [5.74, 6) is -2.58. The molecule has 0 spiro atoms. The van der Waals surface area contributed by atoms with Crippen molar-refractivity contribution in [2.24, 2.45) is 10.9 Å². The van der Waals surface area contributed by atoms with Gasteiger partial charge in [0.25, 0.3) is 0 Å². The summed E-state index contributed by atoms with van der Waals surface area (Å²) in [6.45, 7) is 7.18. The van der Waals surface area contributed by atoms with Crippen LogP contribution >= 0.6 is 11.3 Å². The number of thiazole rings is 1. The van der Waals surface area contributed by atoms with Gasteiger partial charge in [0.05, 0.1) is 30.0 Å². The summed E-state index contributed by atoms with van der Waals surface area (Å²) in [5, 5.41) is 5.32. The van der Waals surface area contributed by atoms with Gasteiger partial charge < -0.3 is 14.8 Å². The third kappa shape index (κ3) is 6.25. The molecule has 1 aliphatic heterocycles. The molecule has 0 saturated carbocycles. The number of carbonyl (C=O) groups excluding carboxylic acids is 2. The molecule has 1 aromatic heterocycles. The monoisotopic (exact) mass is 571 g/mol. The van der Waals surface area contributed by atoms with Gasteiger partial charge in [0.1, 0.15) is 5.92 Å². The molecule has 0 saturated heterocycles. The van der Waals surface area contributed by atoms with Gasteiger partial charge in [0.2, 0.25) is 0 Å². The van der Waals surface area contributed by atoms with Crippen molar-refractivity contribution in [3.8, 4) is 11.3 Å². The van der Waals surface area contributed by atoms with E-state index in [1.54, 1.807) is 57.3 Å². The minimum atomic E-state index is -4.45. The zero-order chi connectivity index (χ0) is 29.0. The van der Waals surface area contributed by atoms with E-state index in [1.165, 1.54) is 17.4 Å². The topological polar surface area (TPSA) is 89.9 Å². The van der Waals surface area contributed by atoms with E-state index in [1.807, 2.05) is 6.07 Å². The highest BCUT2D eigenvalue weighted by molar-refractivity contribution is 7.14. The van der Waals surface area contributed by atoms with E-state index in [-0.39, 0.29) is 18.8 Å². The molecule has 0 bridgehead atoms. The van der Waals surface area contributed by atoms with Gasteiger partial charge in [-0.2, -0.15) is 13.2 Å². The third-order valence-corrected chi connectivity index (χ3v) is 7.11. The Morgan fingerprint density at radius 1 is 1.02 bits per heavy atom. The van der Waals surface area contributed by atoms with Gasteiger partial charge in [0.15, 0.2) is 5.13 Å². The predicted octanol–water partition coefficient (Wildman–Crippen LogP) is 7.15. The number of carbonyl (C=O) groups is 2. The van der Waals surface area contributed by atoms with Crippen molar-refractivity contribution in [1.29, 1.82) is 0 Å². The van der Waals surface area contributed by atoms with E-state index in [0.717, 1.165) is 12.1 Å². The van der Waals surface area contributed by atoms with Gasteiger partial charge >= 0.3 is 18.1 Å². The van der Waals surface area contributed by atoms with Gasteiger partial charge in [0, 0.05) is 34.0 Å². The first-order valence-electron chi connectivity index (χ1n) is 12.6. The van der Waals surface area contributed by atoms with E-state index in [2.05, 4.69) is 15.3 Å². The molecule has 1 aliphatic rings. The lowest BCUT2D eigenvalue weighted by atomic mass is 9.75. The minimum absolute atomic E-state index is 0.162. The number of allylic oxidation sites excluding steroid dienone is 1. The molecule has 4 rings (SSSR count). The van der Waals surface area contributed by atoms with Crippen molar-refractivity contribution in [2.45, 2.75) is 39.8 Å². The summed E-state index contributed by atoms with van der Waals surface area (Å²) in [6.07, 6.45) is -4.45. The molecular formula is C29H28F3N3O4S. The number of nitrogens with one attached hydrogen (secondary N) is 1. The van der Waals surface area contributed by atoms with Gasteiger partial charge in [-0.05, 0) is 57.5 Å². The fraction of sp³-hybridized carbons (Fsp3) is 0.310. The number of anilines is 2. The van der Waals surface area contributed by atoms with Crippen LogP contribution in [0, 0.1) is 5.92 Å². The number of aliphatic imine (C=N–C) groups is 1. The lowest BCUT2D eigenvalue weighted by molar-refractivity contribution is -0.146. The Hall–Kier alpha value is -3.99. The van der Waals surface area contributed by atoms with Crippen molar-refractivity contribution in [1.82, 2.24) is 4.98 Å². The Morgan fingerprint density at radius 3 is 2.45 bits per heavy atom. The van der Waals surface area contributed by atoms with E-state index in [9.17, 15) is 22.8 Å². The molecule has 40 heavy (non-hydrogen) atoms. The maximum absolute atomic E-state index is 13.2. The number of ether oxygens (including phenoxy) is 2. The largest absolute Gasteiger partial charge is 0.465 e. The second kappa shape index (κ2) is 12.0. The van der Waals surface area contributed by atoms with Crippen LogP contribution in [0.3, 0.4) is 0 Å². The van der Waals surface area contributed by atoms with E-state index in [0.29, 0.717) is 39.0 Å². The molecule has 0 fully saturated rings. The highest BCUT2D eigenvalue weighted by atomic mass is 32.1. The number of rotatable bonds is 8. The minimum Gasteiger partial charge on any atom is -0.465 e. The van der Waals surface area contributed by atoms with Crippen LogP contribution in [-0.2, 0) is 25.2 Å². The first kappa shape index (κ1) is 29.0. The maximum Gasteiger partial charge on any atom is 0.416 e. The van der Waals surface area contributed by atoms with Gasteiger partial charge in [-0.3, -0.25) is 9.79 Å². The number of halogens is 3. The van der Waals surface area contributed by atoms with Crippen molar-refractivity contribution >= 4 is 39.8 Å². The Labute approximate surface area is 233 Å². The molecule has 210 valence electrons. The molecule has 0 radical (unpaired) electrons. The molecule has 2 atom stereocenters. The first-order chi connectivity index (χ1) is 19.0. The van der Waals surface area contributed by atoms with Crippen LogP contribution in [0.4, 0.5) is 24.0 Å². The third-order valence-electron chi connectivity index (χ3n) is 6.35. The number of hydrogen-bond donors (Lipinski definition) is 1. The normalized spacial score (nSPS) is 17.3. The summed E-state index contributed by atoms with van der Waals surface area (Å²) in [5.41, 5.74) is 2.55. The highest BCUT2D eigenvalue weighted by Gasteiger charge is 2.42. The van der Waals surface area contributed by atoms with Crippen LogP contribution in [0.5, 0.6) is 0 Å². The average molecular weight is 572 g/mol. The molecule has 11 heteroatoms. The lowest BCUT2D eigenvalue weighted by Crippen LogP contribution is -2.36. The fourth-order valence-corrected chi connectivity index (χ4v) is 5.40. The number of nitrogens with zero attached hydrogens (tertiary/aromatic N) is 2. The molecule has 7 nitrogen and oxygen atoms in total. The average Bonchev–Trinajstić information content (AvgIpc) is 3.36. The molecule has 0 amide bonds. The second-order valence-electron chi connectivity index (χ2n) is 9.05. The van der Waals surface area contributed by atoms with Gasteiger partial charge in [-0.1, -0.05) is 24.3 Å². The van der Waals surface area contributed by atoms with Crippen molar-refractivity contribution in [3.05, 3.63) is 76.3 Å². The van der Waals surface area contributed by atoms with Gasteiger partial charge in [-0.25, -0.2) is 9.78 Å². The quantitative estimate of drug-likeness (QED) is 0.289. The lowest BCUT2D eigenvalue weighted by Gasteiger charge is -2.31. The van der Waals surface area contributed by atoms with Crippen molar-refractivity contribution < 1.29 is 32.2 Å². The van der Waals surface area contributed by atoms with E-state index >= 15 is 0 Å². The second-order valence-corrected chi connectivity index (χ2v) is 9.91. The summed E-state index contributed by atoms with van der Waals surface area (Å²) in [7, 11) is 0. The Kier molecular flexibility index (Phi) is 8.73. The SMILES string of the molecule is CCOC(=O)C1=C(C)N=C(C)C(C(=O)OCC)C1c1cccc(Nc2nc(-c3cccc(C(F)(F)F)c3)cs2)c1. The molecule has 0 aliphatic carbocycles. The first-order valence-corrected chi connectivity index (χ1v) is 13.5. The Morgan fingerprint density at radius 2 is 1.75 bits per heavy atom. The number of alkyl halides is 3. The van der Waals surface area contributed by atoms with Crippen molar-refractivity contribution in [3.63, 3.8) is 0 Å². The molecule has 2 unspecified atom stereocenters. The standard InChI is InChI=1S/C29H28F3N3O4S/c1-5-38-26(36)23-16(3)33-17(4)24(27(37)39-6-2)25(23)19-10-8-12-21(14-19)34-28-35-22(15-40-28)18-9-7-11-20(13-18)29(30,31)32/h7-15,23,25H,5-6H2,1-4H3,(H,34,35). The summed E-state index contributed by atoms with van der Waals surface area (Å²) in [6, 6.07) is 12.2. The molecule has 2 heterocycles. The highest BCUT2D eigenvalue weighted by Crippen LogP contribution is 2.41. The summed E-state index contributed by atoms with van der Waals surface area (Å²) < 4.78 is 50.1. The van der Waals surface area contributed by atoms with Crippen LogP contribution < -0.4 is 5.32 Å².